The van der Waals surface area contributed by atoms with Gasteiger partial charge in [0.2, 0.25) is 0 Å². The highest BCUT2D eigenvalue weighted by Crippen LogP contribution is 2.25. The van der Waals surface area contributed by atoms with Crippen molar-refractivity contribution in [3.63, 3.8) is 0 Å². The zero-order valence-corrected chi connectivity index (χ0v) is 13.0. The molecule has 1 unspecified atom stereocenters. The number of carbonyl (C=O) groups is 1. The van der Waals surface area contributed by atoms with Gasteiger partial charge in [0.15, 0.2) is 0 Å². The number of aryl methyl sites for hydroxylation is 2. The average Bonchev–Trinajstić information content (AvgIpc) is 3.02. The number of hydrogen-bond acceptors (Lipinski definition) is 4. The Morgan fingerprint density at radius 3 is 2.71 bits per heavy atom. The maximum Gasteiger partial charge on any atom is 0.271 e. The number of aliphatic hydroxyl groups is 1. The number of aromatic amines is 1. The van der Waals surface area contributed by atoms with Gasteiger partial charge in [0.1, 0.15) is 5.69 Å². The maximum atomic E-state index is 12.3. The van der Waals surface area contributed by atoms with Gasteiger partial charge in [0.05, 0.1) is 24.0 Å². The highest BCUT2D eigenvalue weighted by molar-refractivity contribution is 5.93. The first kappa shape index (κ1) is 15.2. The Morgan fingerprint density at radius 2 is 2.19 bits per heavy atom. The molecule has 0 bridgehead atoms. The highest BCUT2D eigenvalue weighted by Gasteiger charge is 2.21. The number of hydrogen-bond donors (Lipinski definition) is 2. The molecule has 0 aliphatic heterocycles. The predicted octanol–water partition coefficient (Wildman–Crippen LogP) is 0.880. The second kappa shape index (κ2) is 5.69. The summed E-state index contributed by atoms with van der Waals surface area (Å²) >= 11 is 0. The van der Waals surface area contributed by atoms with Crippen LogP contribution < -0.4 is 0 Å². The van der Waals surface area contributed by atoms with E-state index in [1.165, 1.54) is 4.90 Å². The van der Waals surface area contributed by atoms with Gasteiger partial charge in [-0.2, -0.15) is 10.2 Å². The number of aromatic nitrogens is 4. The Bertz CT molecular complexity index is 658. The lowest BCUT2D eigenvalue weighted by Gasteiger charge is -2.22. The fraction of sp³-hybridized carbons (Fsp3) is 0.500. The molecular weight excluding hydrogens is 270 g/mol. The first-order chi connectivity index (χ1) is 9.86. The van der Waals surface area contributed by atoms with Gasteiger partial charge < -0.3 is 10.0 Å². The van der Waals surface area contributed by atoms with Crippen molar-refractivity contribution in [1.29, 1.82) is 0 Å². The highest BCUT2D eigenvalue weighted by atomic mass is 16.3. The number of rotatable bonds is 4. The third-order valence-electron chi connectivity index (χ3n) is 3.82. The molecule has 2 N–H and O–H groups in total. The molecule has 0 saturated heterocycles. The zero-order valence-electron chi connectivity index (χ0n) is 13.0. The van der Waals surface area contributed by atoms with E-state index in [0.717, 1.165) is 17.0 Å². The van der Waals surface area contributed by atoms with Gasteiger partial charge in [-0.1, -0.05) is 0 Å². The fourth-order valence-electron chi connectivity index (χ4n) is 2.22. The monoisotopic (exact) mass is 291 g/mol. The van der Waals surface area contributed by atoms with Crippen molar-refractivity contribution in [1.82, 2.24) is 24.9 Å². The van der Waals surface area contributed by atoms with Crippen molar-refractivity contribution in [2.45, 2.75) is 26.8 Å². The average molecular weight is 291 g/mol. The second-order valence-electron chi connectivity index (χ2n) is 5.28. The summed E-state index contributed by atoms with van der Waals surface area (Å²) < 4.78 is 1.79. The van der Waals surface area contributed by atoms with E-state index in [9.17, 15) is 4.79 Å². The minimum absolute atomic E-state index is 0.0793. The molecule has 2 aromatic heterocycles. The van der Waals surface area contributed by atoms with E-state index in [1.807, 2.05) is 20.9 Å². The number of aliphatic hydroxyl groups excluding tert-OH is 1. The third kappa shape index (κ3) is 2.69. The number of nitrogens with zero attached hydrogens (tertiary/aromatic N) is 4. The van der Waals surface area contributed by atoms with Crippen molar-refractivity contribution >= 4 is 5.91 Å². The van der Waals surface area contributed by atoms with E-state index in [-0.39, 0.29) is 18.6 Å². The first-order valence-electron chi connectivity index (χ1n) is 6.80. The number of nitrogens with one attached hydrogen (secondary N) is 1. The molecule has 2 rings (SSSR count). The van der Waals surface area contributed by atoms with Crippen LogP contribution in [0.15, 0.2) is 6.07 Å². The molecule has 7 heteroatoms. The maximum absolute atomic E-state index is 12.3. The molecule has 0 radical (unpaired) electrons. The lowest BCUT2D eigenvalue weighted by atomic mass is 10.1. The van der Waals surface area contributed by atoms with Gasteiger partial charge in [-0.15, -0.1) is 0 Å². The molecule has 2 aromatic rings. The second-order valence-corrected chi connectivity index (χ2v) is 5.28. The zero-order chi connectivity index (χ0) is 15.7. The normalized spacial score (nSPS) is 12.5. The van der Waals surface area contributed by atoms with Crippen LogP contribution >= 0.6 is 0 Å². The van der Waals surface area contributed by atoms with Crippen LogP contribution in [0.5, 0.6) is 0 Å². The number of likely N-dealkylation sites (N-methyl/N-ethyl adjacent to an activating group) is 1. The summed E-state index contributed by atoms with van der Waals surface area (Å²) in [7, 11) is 3.53. The van der Waals surface area contributed by atoms with Gasteiger partial charge in [0, 0.05) is 25.4 Å². The topological polar surface area (TPSA) is 87.0 Å². The van der Waals surface area contributed by atoms with E-state index >= 15 is 0 Å². The summed E-state index contributed by atoms with van der Waals surface area (Å²) in [6.45, 7) is 5.58. The molecular formula is C14H21N5O2. The van der Waals surface area contributed by atoms with Crippen LogP contribution in [0.2, 0.25) is 0 Å². The van der Waals surface area contributed by atoms with E-state index in [1.54, 1.807) is 24.7 Å². The van der Waals surface area contributed by atoms with Crippen LogP contribution in [0.25, 0.3) is 11.3 Å². The summed E-state index contributed by atoms with van der Waals surface area (Å²) in [5, 5.41) is 20.5. The minimum Gasteiger partial charge on any atom is -0.394 e. The van der Waals surface area contributed by atoms with Crippen LogP contribution in [0.1, 0.15) is 28.8 Å². The number of H-pyrrole nitrogens is 1. The Morgan fingerprint density at radius 1 is 1.52 bits per heavy atom. The van der Waals surface area contributed by atoms with Crippen molar-refractivity contribution in [2.24, 2.45) is 7.05 Å². The van der Waals surface area contributed by atoms with Gasteiger partial charge in [-0.05, 0) is 26.8 Å². The van der Waals surface area contributed by atoms with Gasteiger partial charge >= 0.3 is 0 Å². The van der Waals surface area contributed by atoms with Gasteiger partial charge in [0.25, 0.3) is 5.91 Å². The largest absolute Gasteiger partial charge is 0.394 e. The van der Waals surface area contributed by atoms with E-state index in [0.29, 0.717) is 11.4 Å². The molecule has 21 heavy (non-hydrogen) atoms. The van der Waals surface area contributed by atoms with Crippen LogP contribution in [-0.2, 0) is 7.05 Å². The van der Waals surface area contributed by atoms with E-state index < -0.39 is 0 Å². The predicted molar refractivity (Wildman–Crippen MR) is 78.9 cm³/mol. The molecule has 0 aliphatic rings. The molecule has 2 heterocycles. The summed E-state index contributed by atoms with van der Waals surface area (Å²) in [4.78, 5) is 13.8. The van der Waals surface area contributed by atoms with Crippen LogP contribution in [0.4, 0.5) is 0 Å². The van der Waals surface area contributed by atoms with Gasteiger partial charge in [-0.25, -0.2) is 0 Å². The van der Waals surface area contributed by atoms with Crippen molar-refractivity contribution in [3.8, 4) is 11.3 Å². The van der Waals surface area contributed by atoms with Crippen molar-refractivity contribution < 1.29 is 9.90 Å². The van der Waals surface area contributed by atoms with E-state index in [4.69, 9.17) is 5.11 Å². The molecule has 0 saturated carbocycles. The number of amides is 1. The molecule has 7 nitrogen and oxygen atoms in total. The molecule has 1 atom stereocenters. The molecule has 0 aliphatic carbocycles. The molecule has 0 aromatic carbocycles. The molecule has 0 fully saturated rings. The molecule has 1 amide bonds. The summed E-state index contributed by atoms with van der Waals surface area (Å²) in [5.41, 5.74) is 3.90. The summed E-state index contributed by atoms with van der Waals surface area (Å²) in [6.07, 6.45) is 0. The van der Waals surface area contributed by atoms with Crippen LogP contribution in [0.3, 0.4) is 0 Å². The number of carbonyl (C=O) groups excluding carboxylic acids is 1. The lowest BCUT2D eigenvalue weighted by Crippen LogP contribution is -2.37. The van der Waals surface area contributed by atoms with E-state index in [2.05, 4.69) is 15.3 Å². The summed E-state index contributed by atoms with van der Waals surface area (Å²) in [6, 6.07) is 1.48. The van der Waals surface area contributed by atoms with Crippen molar-refractivity contribution in [3.05, 3.63) is 23.1 Å². The van der Waals surface area contributed by atoms with Crippen LogP contribution in [-0.4, -0.2) is 55.6 Å². The van der Waals surface area contributed by atoms with Crippen molar-refractivity contribution in [2.75, 3.05) is 13.7 Å². The van der Waals surface area contributed by atoms with Crippen LogP contribution in [0, 0.1) is 13.8 Å². The Balaban J connectivity index is 2.32. The fourth-order valence-corrected chi connectivity index (χ4v) is 2.22. The quantitative estimate of drug-likeness (QED) is 0.875. The SMILES string of the molecule is Cc1nn(C)c(C)c1-c1cc(C(=O)N(C)C(C)CO)[nH]n1. The molecule has 0 spiro atoms. The standard InChI is InChI=1S/C14H21N5O2/c1-8(7-20)18(4)14(21)12-6-11(15-16-12)13-9(2)17-19(5)10(13)3/h6,8,20H,7H2,1-5H3,(H,15,16). The Hall–Kier alpha value is -2.15. The van der Waals surface area contributed by atoms with Gasteiger partial charge in [-0.3, -0.25) is 14.6 Å². The Kier molecular flexibility index (Phi) is 4.13. The smallest absolute Gasteiger partial charge is 0.271 e. The minimum atomic E-state index is -0.244. The third-order valence-corrected chi connectivity index (χ3v) is 3.82. The lowest BCUT2D eigenvalue weighted by molar-refractivity contribution is 0.0676. The molecule has 114 valence electrons. The Labute approximate surface area is 123 Å². The first-order valence-corrected chi connectivity index (χ1v) is 6.80. The summed E-state index contributed by atoms with van der Waals surface area (Å²) in [5.74, 6) is -0.200.